The molecule has 36 nitrogen and oxygen atoms in total. The molecule has 1 fully saturated rings. The van der Waals surface area contributed by atoms with Crippen molar-refractivity contribution in [3.8, 4) is 0 Å². The molecule has 654 valence electrons. The number of nitrogens with two attached hydrogens (primary N) is 4. The Labute approximate surface area is 670 Å². The number of ketones is 4. The van der Waals surface area contributed by atoms with Gasteiger partial charge in [-0.05, 0) is 256 Å². The first kappa shape index (κ1) is 108. The van der Waals surface area contributed by atoms with Gasteiger partial charge in [-0.2, -0.15) is 0 Å². The molecule has 1 heterocycles. The molecule has 6 amide bonds. The molecule has 36 heteroatoms. The molecule has 1 aromatic rings. The van der Waals surface area contributed by atoms with Crippen molar-refractivity contribution in [3.05, 3.63) is 30.3 Å². The normalized spacial score (nSPS) is 14.3. The summed E-state index contributed by atoms with van der Waals surface area (Å²) in [6, 6.07) is 8.56. The molecule has 0 radical (unpaired) electrons. The number of aliphatic hydroxyl groups excluding tert-OH is 4. The van der Waals surface area contributed by atoms with Crippen molar-refractivity contribution >= 4 is 71.3 Å². The summed E-state index contributed by atoms with van der Waals surface area (Å²) >= 11 is 0. The molecule has 0 aromatic heterocycles. The maximum Gasteiger partial charge on any atom is 0.508 e. The minimum absolute atomic E-state index is 0.00454. The van der Waals surface area contributed by atoms with Gasteiger partial charge in [-0.1, -0.05) is 32.0 Å². The van der Waals surface area contributed by atoms with Crippen LogP contribution in [0, 0.1) is 27.1 Å². The molecule has 2 rings (SSSR count). The fourth-order valence-corrected chi connectivity index (χ4v) is 9.87. The van der Waals surface area contributed by atoms with Crippen LogP contribution in [0.4, 0.5) is 34.5 Å². The van der Waals surface area contributed by atoms with Crippen LogP contribution in [0.25, 0.3) is 0 Å². The minimum atomic E-state index is -1.20. The first-order valence-electron chi connectivity index (χ1n) is 39.6. The monoisotopic (exact) mass is 1620 g/mol. The number of aliphatic hydroxyl groups is 4. The van der Waals surface area contributed by atoms with Crippen LogP contribution < -0.4 is 54.8 Å². The molecule has 1 saturated heterocycles. The van der Waals surface area contributed by atoms with E-state index in [9.17, 15) is 73.2 Å². The predicted octanol–water partition coefficient (Wildman–Crippen LogP) is 3.50. The maximum absolute atomic E-state index is 12.3. The van der Waals surface area contributed by atoms with Crippen LogP contribution in [0.2, 0.25) is 0 Å². The van der Waals surface area contributed by atoms with Gasteiger partial charge >= 0.3 is 42.5 Å². The smallest absolute Gasteiger partial charge is 0.463 e. The third kappa shape index (κ3) is 50.5. The average molecular weight is 1620 g/mol. The number of para-hydroxylation sites is 1. The first-order valence-corrected chi connectivity index (χ1v) is 39.6. The van der Waals surface area contributed by atoms with Gasteiger partial charge in [0.25, 0.3) is 0 Å². The van der Waals surface area contributed by atoms with E-state index in [1.165, 1.54) is 68.2 Å². The standard InChI is InChI=1S/C44H80N6O16.C16H40N6.C15H18N2O6.C2H6/c1-33(55)41(5,25-51)29-63-37(59)45-15-11-21-49(22-12-16-46-38(60)64-30-42(6,26-52)34(2)56)19-9-10-20-50(23-13-17-47-39(61)65-31-43(7,27-53)35(3)57)24-14-18-48-40(62)66-32-44(8,28-54)36(4)58;17-7-3-13-21(14-4-8-18)11-1-2-12-22(15-5-9-19)16-6-10-20;1-15(9-22-14(20)23-10-15)12(18)21-8-7-16-13(19)17-11-5-3-2-4-6-11;1-2/h51-54H,9-32H2,1-8H3,(H,45,59)(H,46,60)(H,47,61)(H,48,62);1-20H2;2-6H,7-10H2,1H3,(H2,16,17,19);1-2H3. The number of carbonyl (C=O) groups excluding carboxylic acids is 11. The Bertz CT molecular complexity index is 2560. The van der Waals surface area contributed by atoms with Crippen molar-refractivity contribution < 1.29 is 106 Å². The number of ether oxygens (including phenoxy) is 7. The number of hydrogen-bond donors (Lipinski definition) is 14. The van der Waals surface area contributed by atoms with Crippen molar-refractivity contribution in [1.82, 2.24) is 46.2 Å². The van der Waals surface area contributed by atoms with E-state index in [1.54, 1.807) is 31.2 Å². The number of esters is 1. The molecule has 0 spiro atoms. The molecule has 0 aliphatic carbocycles. The zero-order chi connectivity index (χ0) is 85.6. The lowest BCUT2D eigenvalue weighted by atomic mass is 9.88. The molecule has 1 aliphatic heterocycles. The zero-order valence-electron chi connectivity index (χ0n) is 69.7. The summed E-state index contributed by atoms with van der Waals surface area (Å²) < 4.78 is 35.1. The van der Waals surface area contributed by atoms with E-state index < -0.39 is 96.0 Å². The van der Waals surface area contributed by atoms with Gasteiger partial charge in [0.1, 0.15) is 74.8 Å². The number of carbonyl (C=O) groups is 11. The molecule has 0 saturated carbocycles. The molecular formula is C77H144N14O22. The van der Waals surface area contributed by atoms with Gasteiger partial charge in [-0.15, -0.1) is 0 Å². The lowest BCUT2D eigenvalue weighted by Crippen LogP contribution is -2.44. The van der Waals surface area contributed by atoms with Gasteiger partial charge in [-0.25, -0.2) is 28.8 Å². The quantitative estimate of drug-likeness (QED) is 0.0252. The average Bonchev–Trinajstić information content (AvgIpc) is 0.826. The Balaban J connectivity index is 0. The highest BCUT2D eigenvalue weighted by Gasteiger charge is 2.42. The maximum atomic E-state index is 12.3. The zero-order valence-corrected chi connectivity index (χ0v) is 69.7. The molecule has 4 atom stereocenters. The number of nitrogens with zero attached hydrogens (tertiary/aromatic N) is 4. The van der Waals surface area contributed by atoms with E-state index in [-0.39, 0.29) is 102 Å². The highest BCUT2D eigenvalue weighted by molar-refractivity contribution is 5.89. The number of hydrogen-bond acceptors (Lipinski definition) is 30. The number of nitrogens with one attached hydrogen (secondary N) is 6. The second-order valence-corrected chi connectivity index (χ2v) is 29.1. The number of rotatable bonds is 59. The van der Waals surface area contributed by atoms with E-state index in [0.29, 0.717) is 70.6 Å². The Kier molecular flexibility index (Phi) is 60.7. The molecule has 18 N–H and O–H groups in total. The number of Topliss-reactive ketones (excluding diaryl/α,β-unsaturated/α-hetero) is 4. The largest absolute Gasteiger partial charge is 0.508 e. The van der Waals surface area contributed by atoms with Gasteiger partial charge in [0.05, 0.1) is 54.6 Å². The highest BCUT2D eigenvalue weighted by atomic mass is 16.7. The third-order valence-electron chi connectivity index (χ3n) is 18.8. The van der Waals surface area contributed by atoms with Crippen molar-refractivity contribution in [2.24, 2.45) is 50.0 Å². The van der Waals surface area contributed by atoms with Crippen LogP contribution in [0.15, 0.2) is 30.3 Å². The Morgan fingerprint density at radius 1 is 0.407 bits per heavy atom. The minimum Gasteiger partial charge on any atom is -0.463 e. The van der Waals surface area contributed by atoms with Gasteiger partial charge in [-0.3, -0.25) is 24.0 Å². The van der Waals surface area contributed by atoms with Crippen LogP contribution in [0.3, 0.4) is 0 Å². The summed E-state index contributed by atoms with van der Waals surface area (Å²) in [7, 11) is 0. The van der Waals surface area contributed by atoms with Gasteiger partial charge in [0, 0.05) is 31.9 Å². The van der Waals surface area contributed by atoms with Crippen LogP contribution in [0.1, 0.15) is 153 Å². The molecular weight excluding hydrogens is 1470 g/mol. The Morgan fingerprint density at radius 2 is 0.664 bits per heavy atom. The number of alkyl carbamates (subject to hydrolysis) is 4. The Morgan fingerprint density at radius 3 is 0.912 bits per heavy atom. The summed E-state index contributed by atoms with van der Waals surface area (Å²) in [5.41, 5.74) is 17.3. The topological polar surface area (TPSA) is 523 Å². The summed E-state index contributed by atoms with van der Waals surface area (Å²) in [4.78, 5) is 140. The summed E-state index contributed by atoms with van der Waals surface area (Å²) in [5, 5.41) is 54.1. The first-order chi connectivity index (χ1) is 53.7. The van der Waals surface area contributed by atoms with E-state index in [4.69, 9.17) is 46.6 Å². The second-order valence-electron chi connectivity index (χ2n) is 29.1. The molecule has 113 heavy (non-hydrogen) atoms. The third-order valence-corrected chi connectivity index (χ3v) is 18.8. The fraction of sp³-hybridized carbons (Fsp3) is 0.779. The van der Waals surface area contributed by atoms with E-state index >= 15 is 0 Å². The van der Waals surface area contributed by atoms with Gasteiger partial charge in [0.15, 0.2) is 0 Å². The SMILES string of the molecule is CC.CC(=O)C(C)(CO)COC(=O)NCCCN(CCCCN(CCCNC(=O)OCC(C)(CO)C(C)=O)CCCNC(=O)OCC(C)(CO)C(C)=O)CCCNC(=O)OCC(C)(CO)C(C)=O.CC1(C(=O)OCCNC(=O)Nc2ccccc2)COC(=O)OC1.NCCCN(CCCN)CCCCN(CCCN)CCCN. The number of benzene rings is 1. The highest BCUT2D eigenvalue weighted by Crippen LogP contribution is 2.25. The number of amides is 6. The number of urea groups is 1. The second kappa shape index (κ2) is 63.8. The fourth-order valence-electron chi connectivity index (χ4n) is 9.87. The number of unbranched alkanes of at least 4 members (excludes halogenated alkanes) is 2. The van der Waals surface area contributed by atoms with E-state index in [2.05, 4.69) is 61.0 Å². The molecule has 0 bridgehead atoms. The summed E-state index contributed by atoms with van der Waals surface area (Å²) in [6.45, 7) is 28.3. The lowest BCUT2D eigenvalue weighted by Gasteiger charge is -2.29. The lowest BCUT2D eigenvalue weighted by molar-refractivity contribution is -0.165. The van der Waals surface area contributed by atoms with Crippen molar-refractivity contribution in [2.75, 3.05) is 215 Å². The van der Waals surface area contributed by atoms with Gasteiger partial charge < -0.3 is 128 Å². The van der Waals surface area contributed by atoms with Crippen LogP contribution in [-0.2, 0) is 57.1 Å². The van der Waals surface area contributed by atoms with Crippen molar-refractivity contribution in [2.45, 2.75) is 153 Å². The molecule has 1 aromatic carbocycles. The van der Waals surface area contributed by atoms with Crippen LogP contribution >= 0.6 is 0 Å². The Hall–Kier alpha value is -7.49. The van der Waals surface area contributed by atoms with E-state index in [0.717, 1.165) is 104 Å². The number of anilines is 1. The van der Waals surface area contributed by atoms with Crippen LogP contribution in [-0.4, -0.2) is 316 Å². The molecule has 4 unspecified atom stereocenters. The van der Waals surface area contributed by atoms with E-state index in [1.807, 2.05) is 19.9 Å². The predicted molar refractivity (Wildman–Crippen MR) is 429 cm³/mol. The van der Waals surface area contributed by atoms with Crippen LogP contribution in [0.5, 0.6) is 0 Å². The van der Waals surface area contributed by atoms with Crippen molar-refractivity contribution in [3.63, 3.8) is 0 Å². The molecule has 1 aliphatic rings. The van der Waals surface area contributed by atoms with Crippen molar-refractivity contribution in [1.29, 1.82) is 0 Å². The number of cyclic esters (lactones) is 2. The van der Waals surface area contributed by atoms with Gasteiger partial charge in [0.2, 0.25) is 0 Å². The summed E-state index contributed by atoms with van der Waals surface area (Å²) in [6.07, 6.45) is 6.75. The summed E-state index contributed by atoms with van der Waals surface area (Å²) in [5.74, 6) is -1.79.